The second-order valence-electron chi connectivity index (χ2n) is 4.14. The summed E-state index contributed by atoms with van der Waals surface area (Å²) in [7, 11) is 1.65. The molecule has 0 saturated heterocycles. The molecular weight excluding hydrogens is 216 g/mol. The Morgan fingerprint density at radius 2 is 2.18 bits per heavy atom. The zero-order valence-electron chi connectivity index (χ0n) is 10.7. The molecule has 2 N–H and O–H groups in total. The summed E-state index contributed by atoms with van der Waals surface area (Å²) in [4.78, 5) is 13.2. The van der Waals surface area contributed by atoms with Crippen LogP contribution in [-0.4, -0.2) is 24.7 Å². The van der Waals surface area contributed by atoms with Crippen LogP contribution in [0, 0.1) is 6.92 Å². The highest BCUT2D eigenvalue weighted by atomic mass is 16.3. The van der Waals surface area contributed by atoms with Crippen molar-refractivity contribution in [2.24, 2.45) is 0 Å². The van der Waals surface area contributed by atoms with Gasteiger partial charge in [-0.25, -0.2) is 4.79 Å². The molecule has 17 heavy (non-hydrogen) atoms. The number of aryl methyl sites for hydroxylation is 1. The van der Waals surface area contributed by atoms with Crippen molar-refractivity contribution in [3.05, 3.63) is 23.8 Å². The maximum Gasteiger partial charge on any atom is 0.321 e. The number of carbonyl (C=O) groups excluding carboxylic acids is 1. The molecule has 0 spiro atoms. The molecular formula is C13H20N2O2. The first kappa shape index (κ1) is 13.4. The molecule has 1 aromatic carbocycles. The predicted molar refractivity (Wildman–Crippen MR) is 69.6 cm³/mol. The number of amides is 2. The van der Waals surface area contributed by atoms with Crippen LogP contribution < -0.4 is 10.2 Å². The van der Waals surface area contributed by atoms with Crippen molar-refractivity contribution in [3.8, 4) is 5.75 Å². The Morgan fingerprint density at radius 3 is 2.82 bits per heavy atom. The minimum absolute atomic E-state index is 0.115. The van der Waals surface area contributed by atoms with Gasteiger partial charge in [0.05, 0.1) is 5.69 Å². The lowest BCUT2D eigenvalue weighted by molar-refractivity contribution is 0.247. The number of nitrogens with zero attached hydrogens (tertiary/aromatic N) is 1. The molecule has 1 rings (SSSR count). The van der Waals surface area contributed by atoms with E-state index in [1.165, 1.54) is 4.90 Å². The molecule has 0 aliphatic heterocycles. The number of nitrogens with one attached hydrogen (secondary N) is 1. The Labute approximate surface area is 102 Å². The van der Waals surface area contributed by atoms with Crippen molar-refractivity contribution < 1.29 is 9.90 Å². The fraction of sp³-hybridized carbons (Fsp3) is 0.462. The number of anilines is 1. The summed E-state index contributed by atoms with van der Waals surface area (Å²) in [5.74, 6) is 0.115. The first-order valence-corrected chi connectivity index (χ1v) is 5.87. The maximum atomic E-state index is 11.8. The fourth-order valence-corrected chi connectivity index (χ4v) is 1.50. The Kier molecular flexibility index (Phi) is 4.82. The first-order valence-electron chi connectivity index (χ1n) is 5.87. The lowest BCUT2D eigenvalue weighted by Crippen LogP contribution is -2.37. The maximum absolute atomic E-state index is 11.8. The standard InChI is InChI=1S/C13H20N2O2/c1-4-5-8-14-13(17)15(3)11-9-10(2)6-7-12(11)16/h6-7,9,16H,4-5,8H2,1-3H3,(H,14,17). The number of aromatic hydroxyl groups is 1. The van der Waals surface area contributed by atoms with E-state index in [2.05, 4.69) is 12.2 Å². The van der Waals surface area contributed by atoms with Crippen LogP contribution in [0.4, 0.5) is 10.5 Å². The van der Waals surface area contributed by atoms with Gasteiger partial charge in [-0.1, -0.05) is 19.4 Å². The Bertz CT molecular complexity index is 391. The molecule has 0 radical (unpaired) electrons. The summed E-state index contributed by atoms with van der Waals surface area (Å²) in [6.45, 7) is 4.65. The predicted octanol–water partition coefficient (Wildman–Crippen LogP) is 2.65. The van der Waals surface area contributed by atoms with Crippen LogP contribution in [0.3, 0.4) is 0 Å². The third kappa shape index (κ3) is 3.66. The topological polar surface area (TPSA) is 52.6 Å². The Balaban J connectivity index is 2.71. The third-order valence-electron chi connectivity index (χ3n) is 2.60. The van der Waals surface area contributed by atoms with E-state index in [1.807, 2.05) is 13.0 Å². The molecule has 0 aliphatic carbocycles. The molecule has 0 aromatic heterocycles. The molecule has 0 atom stereocenters. The number of unbranched alkanes of at least 4 members (excludes halogenated alkanes) is 1. The molecule has 4 heteroatoms. The van der Waals surface area contributed by atoms with E-state index in [0.29, 0.717) is 12.2 Å². The summed E-state index contributed by atoms with van der Waals surface area (Å²) in [6, 6.07) is 5.00. The number of rotatable bonds is 4. The summed E-state index contributed by atoms with van der Waals surface area (Å²) >= 11 is 0. The largest absolute Gasteiger partial charge is 0.506 e. The summed E-state index contributed by atoms with van der Waals surface area (Å²) in [5.41, 5.74) is 1.53. The second-order valence-corrected chi connectivity index (χ2v) is 4.14. The third-order valence-corrected chi connectivity index (χ3v) is 2.60. The van der Waals surface area contributed by atoms with Crippen LogP contribution in [0.1, 0.15) is 25.3 Å². The normalized spacial score (nSPS) is 10.1. The van der Waals surface area contributed by atoms with Crippen molar-refractivity contribution in [1.82, 2.24) is 5.32 Å². The van der Waals surface area contributed by atoms with Gasteiger partial charge in [0.25, 0.3) is 0 Å². The fourth-order valence-electron chi connectivity index (χ4n) is 1.50. The van der Waals surface area contributed by atoms with E-state index in [1.54, 1.807) is 19.2 Å². The number of urea groups is 1. The number of hydrogen-bond donors (Lipinski definition) is 2. The average Bonchev–Trinajstić information content (AvgIpc) is 2.31. The zero-order valence-corrected chi connectivity index (χ0v) is 10.7. The molecule has 0 bridgehead atoms. The van der Waals surface area contributed by atoms with Gasteiger partial charge in [-0.05, 0) is 31.0 Å². The Morgan fingerprint density at radius 1 is 1.47 bits per heavy atom. The number of benzene rings is 1. The molecule has 1 aromatic rings. The monoisotopic (exact) mass is 236 g/mol. The number of phenols is 1. The molecule has 0 unspecified atom stereocenters. The quantitative estimate of drug-likeness (QED) is 0.790. The van der Waals surface area contributed by atoms with Gasteiger partial charge in [-0.2, -0.15) is 0 Å². The van der Waals surface area contributed by atoms with Gasteiger partial charge >= 0.3 is 6.03 Å². The average molecular weight is 236 g/mol. The zero-order chi connectivity index (χ0) is 12.8. The minimum Gasteiger partial charge on any atom is -0.506 e. The molecule has 4 nitrogen and oxygen atoms in total. The van der Waals surface area contributed by atoms with Crippen LogP contribution in [-0.2, 0) is 0 Å². The van der Waals surface area contributed by atoms with Gasteiger partial charge in [-0.3, -0.25) is 4.90 Å². The molecule has 0 saturated carbocycles. The van der Waals surface area contributed by atoms with E-state index in [0.717, 1.165) is 18.4 Å². The SMILES string of the molecule is CCCCNC(=O)N(C)c1cc(C)ccc1O. The summed E-state index contributed by atoms with van der Waals surface area (Å²) in [6.07, 6.45) is 2.00. The molecule has 2 amide bonds. The Hall–Kier alpha value is -1.71. The van der Waals surface area contributed by atoms with Gasteiger partial charge in [0.15, 0.2) is 0 Å². The van der Waals surface area contributed by atoms with E-state index in [9.17, 15) is 9.90 Å². The van der Waals surface area contributed by atoms with Crippen LogP contribution in [0.2, 0.25) is 0 Å². The highest BCUT2D eigenvalue weighted by molar-refractivity contribution is 5.93. The number of phenolic OH excluding ortho intramolecular Hbond substituents is 1. The van der Waals surface area contributed by atoms with E-state index >= 15 is 0 Å². The minimum atomic E-state index is -0.195. The number of carbonyl (C=O) groups is 1. The van der Waals surface area contributed by atoms with Crippen molar-refractivity contribution >= 4 is 11.7 Å². The highest BCUT2D eigenvalue weighted by Crippen LogP contribution is 2.27. The van der Waals surface area contributed by atoms with E-state index in [4.69, 9.17) is 0 Å². The molecule has 0 heterocycles. The highest BCUT2D eigenvalue weighted by Gasteiger charge is 2.13. The van der Waals surface area contributed by atoms with Gasteiger partial charge < -0.3 is 10.4 Å². The van der Waals surface area contributed by atoms with Crippen molar-refractivity contribution in [1.29, 1.82) is 0 Å². The van der Waals surface area contributed by atoms with Crippen molar-refractivity contribution in [2.45, 2.75) is 26.7 Å². The van der Waals surface area contributed by atoms with Gasteiger partial charge in [0, 0.05) is 13.6 Å². The van der Waals surface area contributed by atoms with E-state index in [-0.39, 0.29) is 11.8 Å². The second kappa shape index (κ2) is 6.13. The summed E-state index contributed by atoms with van der Waals surface area (Å²) < 4.78 is 0. The van der Waals surface area contributed by atoms with Crippen molar-refractivity contribution in [2.75, 3.05) is 18.5 Å². The van der Waals surface area contributed by atoms with Crippen LogP contribution >= 0.6 is 0 Å². The van der Waals surface area contributed by atoms with Crippen LogP contribution in [0.25, 0.3) is 0 Å². The lowest BCUT2D eigenvalue weighted by atomic mass is 10.2. The van der Waals surface area contributed by atoms with E-state index < -0.39 is 0 Å². The molecule has 0 fully saturated rings. The van der Waals surface area contributed by atoms with Crippen molar-refractivity contribution in [3.63, 3.8) is 0 Å². The van der Waals surface area contributed by atoms with Gasteiger partial charge in [0.2, 0.25) is 0 Å². The summed E-state index contributed by atoms with van der Waals surface area (Å²) in [5, 5.41) is 12.5. The lowest BCUT2D eigenvalue weighted by Gasteiger charge is -2.19. The number of hydrogen-bond acceptors (Lipinski definition) is 2. The smallest absolute Gasteiger partial charge is 0.321 e. The molecule has 0 aliphatic rings. The van der Waals surface area contributed by atoms with Gasteiger partial charge in [-0.15, -0.1) is 0 Å². The van der Waals surface area contributed by atoms with Crippen LogP contribution in [0.5, 0.6) is 5.75 Å². The molecule has 94 valence electrons. The first-order chi connectivity index (χ1) is 8.06. The van der Waals surface area contributed by atoms with Gasteiger partial charge in [0.1, 0.15) is 5.75 Å². The van der Waals surface area contributed by atoms with Crippen LogP contribution in [0.15, 0.2) is 18.2 Å².